The molecular formula is C20H20N2O3S. The van der Waals surface area contributed by atoms with Gasteiger partial charge in [0.05, 0.1) is 10.9 Å². The van der Waals surface area contributed by atoms with Crippen LogP contribution >= 0.6 is 11.8 Å². The molecule has 1 aliphatic rings. The Hall–Kier alpha value is -2.60. The van der Waals surface area contributed by atoms with E-state index < -0.39 is 5.25 Å². The standard InChI is InChI=1S/C20H20N2O3S/c1-2-6-18(23)21-14-9-11-16(12-10-14)26-17-13-19(24)22(20(17)25)15-7-4-3-5-8-15/h3-5,7-12,17H,2,6,13H2,1H3,(H,21,23)/t17-/m0/s1. The van der Waals surface area contributed by atoms with Gasteiger partial charge in [0.1, 0.15) is 0 Å². The quantitative estimate of drug-likeness (QED) is 0.787. The van der Waals surface area contributed by atoms with E-state index in [9.17, 15) is 14.4 Å². The number of thioether (sulfide) groups is 1. The van der Waals surface area contributed by atoms with Crippen molar-refractivity contribution in [2.45, 2.75) is 36.3 Å². The van der Waals surface area contributed by atoms with Crippen molar-refractivity contribution in [2.75, 3.05) is 10.2 Å². The second-order valence-corrected chi connectivity index (χ2v) is 7.31. The Balaban J connectivity index is 1.65. The Morgan fingerprint density at radius 1 is 1.12 bits per heavy atom. The number of carbonyl (C=O) groups is 3. The molecule has 6 heteroatoms. The van der Waals surface area contributed by atoms with Gasteiger partial charge in [0, 0.05) is 23.4 Å². The van der Waals surface area contributed by atoms with Gasteiger partial charge in [-0.3, -0.25) is 14.4 Å². The van der Waals surface area contributed by atoms with Crippen molar-refractivity contribution in [3.8, 4) is 0 Å². The highest BCUT2D eigenvalue weighted by atomic mass is 32.2. The van der Waals surface area contributed by atoms with Crippen molar-refractivity contribution in [3.63, 3.8) is 0 Å². The molecule has 1 N–H and O–H groups in total. The SMILES string of the molecule is CCCC(=O)Nc1ccc(S[C@H]2CC(=O)N(c3ccccc3)C2=O)cc1. The molecule has 2 aromatic carbocycles. The summed E-state index contributed by atoms with van der Waals surface area (Å²) in [6.07, 6.45) is 1.48. The van der Waals surface area contributed by atoms with Crippen LogP contribution in [0.1, 0.15) is 26.2 Å². The molecule has 0 radical (unpaired) electrons. The first-order valence-electron chi connectivity index (χ1n) is 8.57. The highest BCUT2D eigenvalue weighted by Gasteiger charge is 2.39. The summed E-state index contributed by atoms with van der Waals surface area (Å²) in [4.78, 5) is 38.7. The predicted molar refractivity (Wildman–Crippen MR) is 103 cm³/mol. The fraction of sp³-hybridized carbons (Fsp3) is 0.250. The molecule has 0 bridgehead atoms. The zero-order valence-electron chi connectivity index (χ0n) is 14.5. The molecule has 0 saturated carbocycles. The van der Waals surface area contributed by atoms with Crippen LogP contribution < -0.4 is 10.2 Å². The van der Waals surface area contributed by atoms with Crippen LogP contribution in [0.5, 0.6) is 0 Å². The molecule has 1 saturated heterocycles. The lowest BCUT2D eigenvalue weighted by Crippen LogP contribution is -2.30. The largest absolute Gasteiger partial charge is 0.326 e. The van der Waals surface area contributed by atoms with Crippen LogP contribution in [0.15, 0.2) is 59.5 Å². The fourth-order valence-electron chi connectivity index (χ4n) is 2.78. The molecular weight excluding hydrogens is 348 g/mol. The smallest absolute Gasteiger partial charge is 0.247 e. The van der Waals surface area contributed by atoms with E-state index in [1.54, 1.807) is 12.1 Å². The molecule has 0 aliphatic carbocycles. The minimum atomic E-state index is -0.428. The van der Waals surface area contributed by atoms with Gasteiger partial charge in [-0.25, -0.2) is 4.90 Å². The number of hydrogen-bond donors (Lipinski definition) is 1. The number of nitrogens with zero attached hydrogens (tertiary/aromatic N) is 1. The zero-order chi connectivity index (χ0) is 18.5. The van der Waals surface area contributed by atoms with Gasteiger partial charge in [-0.2, -0.15) is 0 Å². The summed E-state index contributed by atoms with van der Waals surface area (Å²) in [5, 5.41) is 2.40. The van der Waals surface area contributed by atoms with E-state index in [0.717, 1.165) is 17.0 Å². The summed E-state index contributed by atoms with van der Waals surface area (Å²) in [6.45, 7) is 1.96. The number of imide groups is 1. The summed E-state index contributed by atoms with van der Waals surface area (Å²) in [6, 6.07) is 16.3. The van der Waals surface area contributed by atoms with Crippen molar-refractivity contribution in [1.82, 2.24) is 0 Å². The second kappa shape index (κ2) is 8.19. The molecule has 1 aliphatic heterocycles. The van der Waals surface area contributed by atoms with Crippen LogP contribution in [0.4, 0.5) is 11.4 Å². The van der Waals surface area contributed by atoms with Crippen LogP contribution in [0, 0.1) is 0 Å². The van der Waals surface area contributed by atoms with Gasteiger partial charge >= 0.3 is 0 Å². The normalized spacial score (nSPS) is 16.8. The fourth-order valence-corrected chi connectivity index (χ4v) is 3.83. The number of nitrogens with one attached hydrogen (secondary N) is 1. The molecule has 1 fully saturated rings. The maximum absolute atomic E-state index is 12.6. The number of carbonyl (C=O) groups excluding carboxylic acids is 3. The molecule has 0 aromatic heterocycles. The minimum Gasteiger partial charge on any atom is -0.326 e. The van der Waals surface area contributed by atoms with Crippen LogP contribution in [0.2, 0.25) is 0 Å². The number of anilines is 2. The Morgan fingerprint density at radius 2 is 1.81 bits per heavy atom. The topological polar surface area (TPSA) is 66.5 Å². The molecule has 0 unspecified atom stereocenters. The van der Waals surface area contributed by atoms with Crippen molar-refractivity contribution in [2.24, 2.45) is 0 Å². The molecule has 26 heavy (non-hydrogen) atoms. The average Bonchev–Trinajstić information content (AvgIpc) is 2.91. The number of benzene rings is 2. The number of amides is 3. The van der Waals surface area contributed by atoms with E-state index in [-0.39, 0.29) is 24.1 Å². The molecule has 1 atom stereocenters. The van der Waals surface area contributed by atoms with Gasteiger partial charge in [-0.1, -0.05) is 25.1 Å². The predicted octanol–water partition coefficient (Wildman–Crippen LogP) is 3.85. The highest BCUT2D eigenvalue weighted by Crippen LogP contribution is 2.34. The molecule has 3 amide bonds. The van der Waals surface area contributed by atoms with Crippen LogP contribution in [0.25, 0.3) is 0 Å². The highest BCUT2D eigenvalue weighted by molar-refractivity contribution is 8.00. The first-order valence-corrected chi connectivity index (χ1v) is 9.45. The van der Waals surface area contributed by atoms with Gasteiger partial charge in [0.25, 0.3) is 0 Å². The Morgan fingerprint density at radius 3 is 2.46 bits per heavy atom. The second-order valence-electron chi connectivity index (χ2n) is 6.04. The number of rotatable bonds is 6. The van der Waals surface area contributed by atoms with Crippen molar-refractivity contribution < 1.29 is 14.4 Å². The van der Waals surface area contributed by atoms with E-state index in [1.807, 2.05) is 49.4 Å². The van der Waals surface area contributed by atoms with E-state index in [0.29, 0.717) is 12.1 Å². The lowest BCUT2D eigenvalue weighted by Gasteiger charge is -2.14. The van der Waals surface area contributed by atoms with Crippen LogP contribution in [-0.2, 0) is 14.4 Å². The Labute approximate surface area is 156 Å². The maximum Gasteiger partial charge on any atom is 0.247 e. The molecule has 2 aromatic rings. The van der Waals surface area contributed by atoms with Crippen LogP contribution in [-0.4, -0.2) is 23.0 Å². The molecule has 5 nitrogen and oxygen atoms in total. The van der Waals surface area contributed by atoms with Crippen molar-refractivity contribution in [1.29, 1.82) is 0 Å². The lowest BCUT2D eigenvalue weighted by molar-refractivity contribution is -0.121. The van der Waals surface area contributed by atoms with Gasteiger partial charge in [-0.15, -0.1) is 11.8 Å². The number of para-hydroxylation sites is 1. The third-order valence-electron chi connectivity index (χ3n) is 4.01. The molecule has 1 heterocycles. The third-order valence-corrected chi connectivity index (χ3v) is 5.21. The van der Waals surface area contributed by atoms with Gasteiger partial charge < -0.3 is 5.32 Å². The first kappa shape index (κ1) is 18.2. The summed E-state index contributed by atoms with van der Waals surface area (Å²) in [7, 11) is 0. The Bertz CT molecular complexity index is 806. The average molecular weight is 368 g/mol. The summed E-state index contributed by atoms with van der Waals surface area (Å²) in [5.41, 5.74) is 1.34. The Kier molecular flexibility index (Phi) is 5.73. The lowest BCUT2D eigenvalue weighted by atomic mass is 10.3. The van der Waals surface area contributed by atoms with Crippen molar-refractivity contribution >= 4 is 40.9 Å². The first-order chi connectivity index (χ1) is 12.6. The maximum atomic E-state index is 12.6. The van der Waals surface area contributed by atoms with E-state index in [1.165, 1.54) is 16.7 Å². The molecule has 3 rings (SSSR count). The van der Waals surface area contributed by atoms with Gasteiger partial charge in [0.2, 0.25) is 17.7 Å². The van der Waals surface area contributed by atoms with E-state index in [2.05, 4.69) is 5.32 Å². The van der Waals surface area contributed by atoms with E-state index in [4.69, 9.17) is 0 Å². The molecule has 134 valence electrons. The van der Waals surface area contributed by atoms with Crippen molar-refractivity contribution in [3.05, 3.63) is 54.6 Å². The van der Waals surface area contributed by atoms with E-state index >= 15 is 0 Å². The summed E-state index contributed by atoms with van der Waals surface area (Å²) in [5.74, 6) is -0.378. The monoisotopic (exact) mass is 368 g/mol. The third kappa shape index (κ3) is 4.14. The van der Waals surface area contributed by atoms with Crippen LogP contribution in [0.3, 0.4) is 0 Å². The summed E-state index contributed by atoms with van der Waals surface area (Å²) < 4.78 is 0. The number of hydrogen-bond acceptors (Lipinski definition) is 4. The van der Waals surface area contributed by atoms with Gasteiger partial charge in [-0.05, 0) is 42.8 Å². The minimum absolute atomic E-state index is 0.0111. The zero-order valence-corrected chi connectivity index (χ0v) is 15.3. The van der Waals surface area contributed by atoms with Gasteiger partial charge in [0.15, 0.2) is 0 Å². The summed E-state index contributed by atoms with van der Waals surface area (Å²) >= 11 is 1.37. The molecule has 0 spiro atoms.